The molecule has 21 nitrogen and oxygen atoms in total. The molecular formula is C54H63N9O12S3. The highest BCUT2D eigenvalue weighted by Gasteiger charge is 2.44. The number of ether oxygens (including phenoxy) is 3. The number of nitrogens with one attached hydrogen (secondary N) is 5. The minimum Gasteiger partial charge on any atom is -0.391 e. The molecule has 414 valence electrons. The lowest BCUT2D eigenvalue weighted by atomic mass is 9.85. The van der Waals surface area contributed by atoms with Crippen LogP contribution < -0.4 is 26.6 Å². The molecule has 1 aliphatic heterocycles. The van der Waals surface area contributed by atoms with Crippen LogP contribution in [0.1, 0.15) is 54.4 Å². The average molecular weight is 1130 g/mol. The molecule has 78 heavy (non-hydrogen) atoms. The van der Waals surface area contributed by atoms with Crippen LogP contribution in [-0.4, -0.2) is 145 Å². The number of thiazole rings is 2. The van der Waals surface area contributed by atoms with Gasteiger partial charge in [-0.1, -0.05) is 81.4 Å². The van der Waals surface area contributed by atoms with Crippen molar-refractivity contribution < 1.29 is 56.5 Å². The maximum Gasteiger partial charge on any atom is 0.253 e. The van der Waals surface area contributed by atoms with Crippen molar-refractivity contribution in [3.05, 3.63) is 125 Å². The van der Waals surface area contributed by atoms with E-state index in [0.29, 0.717) is 10.8 Å². The summed E-state index contributed by atoms with van der Waals surface area (Å²) in [5, 5.41) is 26.4. The number of benzene rings is 3. The van der Waals surface area contributed by atoms with E-state index >= 15 is 0 Å². The van der Waals surface area contributed by atoms with Crippen LogP contribution in [0.15, 0.2) is 102 Å². The van der Waals surface area contributed by atoms with Gasteiger partial charge in [0, 0.05) is 49.4 Å². The summed E-state index contributed by atoms with van der Waals surface area (Å²) in [5.74, 6) is -2.83. The Morgan fingerprint density at radius 2 is 1.45 bits per heavy atom. The molecule has 24 heteroatoms. The van der Waals surface area contributed by atoms with Gasteiger partial charge in [-0.15, -0.1) is 22.7 Å². The van der Waals surface area contributed by atoms with E-state index in [4.69, 9.17) is 14.2 Å². The Kier molecular flexibility index (Phi) is 20.2. The molecule has 1 saturated heterocycles. The lowest BCUT2D eigenvalue weighted by Gasteiger charge is -2.35. The molecule has 3 atom stereocenters. The van der Waals surface area contributed by atoms with Crippen LogP contribution in [0.5, 0.6) is 0 Å². The number of likely N-dealkylation sites (tertiary alicyclic amines) is 1. The van der Waals surface area contributed by atoms with Crippen molar-refractivity contribution in [2.45, 2.75) is 65.4 Å². The first-order chi connectivity index (χ1) is 37.2. The Bertz CT molecular complexity index is 3190. The second kappa shape index (κ2) is 26.9. The SMILES string of the molecule is Cc1ncsc1-c1ccc(CNC(=O)[C@@H]2C[C@@H](O)CN2C(=O)[C@@H](NC(=O)COCCOCCOCC(=O)NCc2cccc(-c3cccc(-c4csc(NC(=O)CNC(=O)c5ccn(S(C)(=O)=O)c5)n4)c3)c2)C(C)(C)C)cc1. The molecule has 4 heterocycles. The van der Waals surface area contributed by atoms with Crippen molar-refractivity contribution in [3.63, 3.8) is 0 Å². The minimum absolute atomic E-state index is 0.0467. The van der Waals surface area contributed by atoms with Crippen LogP contribution in [-0.2, 0) is 61.3 Å². The van der Waals surface area contributed by atoms with E-state index in [-0.39, 0.29) is 83.7 Å². The van der Waals surface area contributed by atoms with Gasteiger partial charge in [0.15, 0.2) is 5.13 Å². The van der Waals surface area contributed by atoms with Crippen molar-refractivity contribution in [3.8, 4) is 32.8 Å². The number of aryl methyl sites for hydroxylation is 1. The van der Waals surface area contributed by atoms with E-state index in [0.717, 1.165) is 54.2 Å². The third kappa shape index (κ3) is 16.7. The summed E-state index contributed by atoms with van der Waals surface area (Å²) < 4.78 is 40.8. The molecule has 6 N–H and O–H groups in total. The van der Waals surface area contributed by atoms with Crippen LogP contribution >= 0.6 is 22.7 Å². The highest BCUT2D eigenvalue weighted by molar-refractivity contribution is 7.89. The van der Waals surface area contributed by atoms with Crippen molar-refractivity contribution in [2.24, 2.45) is 5.41 Å². The van der Waals surface area contributed by atoms with Crippen molar-refractivity contribution in [1.82, 2.24) is 40.1 Å². The largest absolute Gasteiger partial charge is 0.391 e. The molecule has 0 spiro atoms. The zero-order valence-corrected chi connectivity index (χ0v) is 46.2. The van der Waals surface area contributed by atoms with Gasteiger partial charge in [-0.25, -0.2) is 18.4 Å². The summed E-state index contributed by atoms with van der Waals surface area (Å²) in [7, 11) is -3.55. The molecule has 6 amide bonds. The molecule has 3 aromatic carbocycles. The smallest absolute Gasteiger partial charge is 0.253 e. The van der Waals surface area contributed by atoms with E-state index in [1.165, 1.54) is 34.7 Å². The number of rotatable bonds is 25. The summed E-state index contributed by atoms with van der Waals surface area (Å²) in [5.41, 5.74) is 8.11. The first-order valence-corrected chi connectivity index (χ1v) is 28.5. The predicted octanol–water partition coefficient (Wildman–Crippen LogP) is 4.36. The second-order valence-electron chi connectivity index (χ2n) is 19.5. The van der Waals surface area contributed by atoms with E-state index in [2.05, 4.69) is 36.6 Å². The van der Waals surface area contributed by atoms with Crippen LogP contribution in [0, 0.1) is 12.3 Å². The van der Waals surface area contributed by atoms with Gasteiger partial charge in [0.2, 0.25) is 39.6 Å². The van der Waals surface area contributed by atoms with Crippen molar-refractivity contribution >= 4 is 73.3 Å². The summed E-state index contributed by atoms with van der Waals surface area (Å²) in [4.78, 5) is 89.3. The fraction of sp³-hybridized carbons (Fsp3) is 0.370. The van der Waals surface area contributed by atoms with E-state index in [1.807, 2.05) is 79.7 Å². The Balaban J connectivity index is 0.761. The van der Waals surface area contributed by atoms with Gasteiger partial charge < -0.3 is 50.8 Å². The second-order valence-corrected chi connectivity index (χ2v) is 23.1. The summed E-state index contributed by atoms with van der Waals surface area (Å²) >= 11 is 2.78. The Morgan fingerprint density at radius 1 is 0.782 bits per heavy atom. The number of carbonyl (C=O) groups is 6. The minimum atomic E-state index is -3.55. The van der Waals surface area contributed by atoms with E-state index < -0.39 is 63.2 Å². The molecule has 1 fully saturated rings. The van der Waals surface area contributed by atoms with Crippen LogP contribution in [0.3, 0.4) is 0 Å². The summed E-state index contributed by atoms with van der Waals surface area (Å²) in [6.45, 7) is 7.45. The lowest BCUT2D eigenvalue weighted by molar-refractivity contribution is -0.144. The van der Waals surface area contributed by atoms with Gasteiger partial charge >= 0.3 is 0 Å². The Hall–Kier alpha value is -7.19. The highest BCUT2D eigenvalue weighted by atomic mass is 32.2. The molecule has 3 aromatic heterocycles. The molecule has 1 aliphatic rings. The number of hydrogen-bond donors (Lipinski definition) is 6. The number of carbonyl (C=O) groups excluding carboxylic acids is 6. The third-order valence-corrected chi connectivity index (χ3v) is 15.0. The highest BCUT2D eigenvalue weighted by Crippen LogP contribution is 2.31. The van der Waals surface area contributed by atoms with E-state index in [1.54, 1.807) is 43.0 Å². The van der Waals surface area contributed by atoms with Crippen LogP contribution in [0.4, 0.5) is 5.13 Å². The molecule has 7 rings (SSSR count). The maximum absolute atomic E-state index is 14.0. The number of hydrogen-bond acceptors (Lipinski definition) is 16. The fourth-order valence-electron chi connectivity index (χ4n) is 8.23. The zero-order valence-electron chi connectivity index (χ0n) is 43.8. The normalized spacial score (nSPS) is 14.9. The van der Waals surface area contributed by atoms with Gasteiger partial charge in [-0.3, -0.25) is 32.7 Å². The van der Waals surface area contributed by atoms with Crippen molar-refractivity contribution in [1.29, 1.82) is 0 Å². The predicted molar refractivity (Wildman–Crippen MR) is 295 cm³/mol. The van der Waals surface area contributed by atoms with Gasteiger partial charge in [-0.05, 0) is 58.4 Å². The quantitative estimate of drug-likeness (QED) is 0.0435. The van der Waals surface area contributed by atoms with Crippen molar-refractivity contribution in [2.75, 3.05) is 64.3 Å². The Morgan fingerprint density at radius 3 is 2.13 bits per heavy atom. The van der Waals surface area contributed by atoms with Gasteiger partial charge in [-0.2, -0.15) is 0 Å². The maximum atomic E-state index is 14.0. The first-order valence-electron chi connectivity index (χ1n) is 24.9. The number of nitrogens with zero attached hydrogens (tertiary/aromatic N) is 4. The molecule has 0 radical (unpaired) electrons. The molecular weight excluding hydrogens is 1060 g/mol. The zero-order chi connectivity index (χ0) is 56.0. The first kappa shape index (κ1) is 58.5. The summed E-state index contributed by atoms with van der Waals surface area (Å²) in [6.07, 6.45) is 2.59. The number of anilines is 1. The van der Waals surface area contributed by atoms with E-state index in [9.17, 15) is 42.3 Å². The molecule has 0 saturated carbocycles. The third-order valence-electron chi connectivity index (χ3n) is 12.3. The number of β-amino-alcohol motifs (C(OH)–C–C–N with tert-alkyl or cyclic N) is 1. The van der Waals surface area contributed by atoms with Gasteiger partial charge in [0.05, 0.1) is 72.7 Å². The fourth-order valence-corrected chi connectivity index (χ4v) is 10.4. The standard InChI is InChI=1S/C54H63N9O12S3/c1-34-48(77-33-58-34)37-14-12-35(13-15-37)25-56-51(69)44-24-42(64)29-63(44)52(70)49(54(2,3)4)60-47(67)31-75-21-19-73-18-20-74-30-46(66)55-26-36-8-6-9-38(22-36)39-10-7-11-40(23-39)43-32-76-53(59-43)61-45(65)27-57-50(68)41-16-17-62(28-41)78(5,71)72/h6-17,22-23,28,32-33,42,44,49,64H,18-21,24-27,29-31H2,1-5H3,(H,55,66)(H,56,69)(H,57,68)(H,60,67)(H,59,61,65)/t42-,44+,49-/m1/s1. The number of aliphatic hydroxyl groups excluding tert-OH is 1. The number of aliphatic hydroxyl groups is 1. The van der Waals surface area contributed by atoms with Gasteiger partial charge in [0.25, 0.3) is 5.91 Å². The summed E-state index contributed by atoms with van der Waals surface area (Å²) in [6, 6.07) is 22.6. The topological polar surface area (TPSA) is 279 Å². The molecule has 0 aliphatic carbocycles. The monoisotopic (exact) mass is 1130 g/mol. The lowest BCUT2D eigenvalue weighted by Crippen LogP contribution is -2.58. The van der Waals surface area contributed by atoms with Gasteiger partial charge in [0.1, 0.15) is 25.3 Å². The molecule has 6 aromatic rings. The molecule has 0 unspecified atom stereocenters. The average Bonchev–Trinajstić information content (AvgIpc) is 4.28. The van der Waals surface area contributed by atoms with Crippen LogP contribution in [0.2, 0.25) is 0 Å². The molecule has 0 bridgehead atoms. The number of aromatic nitrogens is 3. The number of amides is 6. The van der Waals surface area contributed by atoms with Crippen LogP contribution in [0.25, 0.3) is 32.8 Å². The Labute approximate surface area is 460 Å².